The van der Waals surface area contributed by atoms with Crippen LogP contribution in [0.1, 0.15) is 17.5 Å². The van der Waals surface area contributed by atoms with Crippen molar-refractivity contribution in [2.75, 3.05) is 20.1 Å². The van der Waals surface area contributed by atoms with Crippen molar-refractivity contribution < 1.29 is 4.74 Å². The van der Waals surface area contributed by atoms with Crippen molar-refractivity contribution in [3.05, 3.63) is 29.3 Å². The summed E-state index contributed by atoms with van der Waals surface area (Å²) in [4.78, 5) is 2.31. The zero-order valence-electron chi connectivity index (χ0n) is 9.79. The van der Waals surface area contributed by atoms with Gasteiger partial charge in [0.15, 0.2) is 0 Å². The molecule has 82 valence electrons. The van der Waals surface area contributed by atoms with Gasteiger partial charge in [-0.05, 0) is 50.6 Å². The lowest BCUT2D eigenvalue weighted by atomic mass is 10.1. The molecule has 1 aromatic rings. The van der Waals surface area contributed by atoms with Gasteiger partial charge < -0.3 is 9.64 Å². The normalized spacial score (nSPS) is 21.9. The Morgan fingerprint density at radius 2 is 2.07 bits per heavy atom. The lowest BCUT2D eigenvalue weighted by Gasteiger charge is -2.14. The molecule has 1 saturated heterocycles. The fourth-order valence-corrected chi connectivity index (χ4v) is 1.97. The third-order valence-corrected chi connectivity index (χ3v) is 3.13. The Kier molecular flexibility index (Phi) is 2.96. The molecule has 0 bridgehead atoms. The van der Waals surface area contributed by atoms with E-state index in [2.05, 4.69) is 44.0 Å². The third-order valence-electron chi connectivity index (χ3n) is 3.13. The van der Waals surface area contributed by atoms with Crippen LogP contribution in [0.4, 0.5) is 0 Å². The second-order valence-corrected chi connectivity index (χ2v) is 4.54. The number of ether oxygens (including phenoxy) is 1. The minimum Gasteiger partial charge on any atom is -0.489 e. The average Bonchev–Trinajstić information content (AvgIpc) is 2.58. The van der Waals surface area contributed by atoms with Gasteiger partial charge in [0.25, 0.3) is 0 Å². The van der Waals surface area contributed by atoms with Gasteiger partial charge >= 0.3 is 0 Å². The Morgan fingerprint density at radius 3 is 2.67 bits per heavy atom. The summed E-state index contributed by atoms with van der Waals surface area (Å²) in [6.07, 6.45) is 1.51. The highest BCUT2D eigenvalue weighted by molar-refractivity contribution is 5.33. The van der Waals surface area contributed by atoms with Crippen LogP contribution in [0.25, 0.3) is 0 Å². The molecule has 2 rings (SSSR count). The summed E-state index contributed by atoms with van der Waals surface area (Å²) >= 11 is 0. The number of nitrogens with zero attached hydrogens (tertiary/aromatic N) is 1. The molecule has 0 N–H and O–H groups in total. The second-order valence-electron chi connectivity index (χ2n) is 4.54. The highest BCUT2D eigenvalue weighted by Gasteiger charge is 2.20. The van der Waals surface area contributed by atoms with Crippen LogP contribution in [0.15, 0.2) is 18.2 Å². The van der Waals surface area contributed by atoms with E-state index in [1.165, 1.54) is 11.1 Å². The van der Waals surface area contributed by atoms with Crippen LogP contribution in [0.2, 0.25) is 0 Å². The molecule has 1 heterocycles. The summed E-state index contributed by atoms with van der Waals surface area (Å²) in [7, 11) is 2.14. The number of likely N-dealkylation sites (N-methyl/N-ethyl adjacent to an activating group) is 1. The Balaban J connectivity index is 2.02. The van der Waals surface area contributed by atoms with E-state index in [-0.39, 0.29) is 0 Å². The topological polar surface area (TPSA) is 12.5 Å². The monoisotopic (exact) mass is 205 g/mol. The van der Waals surface area contributed by atoms with Crippen molar-refractivity contribution >= 4 is 0 Å². The van der Waals surface area contributed by atoms with Crippen molar-refractivity contribution in [3.8, 4) is 5.75 Å². The predicted molar refractivity (Wildman–Crippen MR) is 62.4 cm³/mol. The fourth-order valence-electron chi connectivity index (χ4n) is 1.97. The van der Waals surface area contributed by atoms with E-state index in [1.54, 1.807) is 0 Å². The molecule has 1 atom stereocenters. The summed E-state index contributed by atoms with van der Waals surface area (Å²) in [5.41, 5.74) is 2.63. The molecule has 0 spiro atoms. The van der Waals surface area contributed by atoms with E-state index in [4.69, 9.17) is 4.74 Å². The number of aryl methyl sites for hydroxylation is 2. The first-order valence-corrected chi connectivity index (χ1v) is 5.57. The minimum atomic E-state index is 0.372. The van der Waals surface area contributed by atoms with Gasteiger partial charge in [0.2, 0.25) is 0 Å². The Hall–Kier alpha value is -1.02. The molecule has 1 aliphatic rings. The molecule has 1 aromatic carbocycles. The van der Waals surface area contributed by atoms with E-state index < -0.39 is 0 Å². The fraction of sp³-hybridized carbons (Fsp3) is 0.538. The van der Waals surface area contributed by atoms with E-state index >= 15 is 0 Å². The quantitative estimate of drug-likeness (QED) is 0.735. The van der Waals surface area contributed by atoms with E-state index in [0.29, 0.717) is 6.10 Å². The summed E-state index contributed by atoms with van der Waals surface area (Å²) in [6, 6.07) is 6.33. The van der Waals surface area contributed by atoms with Crippen LogP contribution in [0.5, 0.6) is 5.75 Å². The molecule has 1 unspecified atom stereocenters. The first-order chi connectivity index (χ1) is 7.15. The standard InChI is InChI=1S/C13H19NO/c1-10-4-5-12(8-11(10)2)15-13-6-7-14(3)9-13/h4-5,8,13H,6-7,9H2,1-3H3. The predicted octanol–water partition coefficient (Wildman–Crippen LogP) is 2.39. The van der Waals surface area contributed by atoms with Crippen LogP contribution in [0, 0.1) is 13.8 Å². The number of hydrogen-bond donors (Lipinski definition) is 0. The molecule has 0 aromatic heterocycles. The lowest BCUT2D eigenvalue weighted by molar-refractivity contribution is 0.208. The highest BCUT2D eigenvalue weighted by Crippen LogP contribution is 2.20. The summed E-state index contributed by atoms with van der Waals surface area (Å²) < 4.78 is 5.94. The van der Waals surface area contributed by atoms with Crippen LogP contribution in [-0.2, 0) is 0 Å². The maximum absolute atomic E-state index is 5.94. The minimum absolute atomic E-state index is 0.372. The van der Waals surface area contributed by atoms with Crippen molar-refractivity contribution in [3.63, 3.8) is 0 Å². The lowest BCUT2D eigenvalue weighted by Crippen LogP contribution is -2.21. The van der Waals surface area contributed by atoms with Gasteiger partial charge in [-0.2, -0.15) is 0 Å². The smallest absolute Gasteiger partial charge is 0.120 e. The number of hydrogen-bond acceptors (Lipinski definition) is 2. The van der Waals surface area contributed by atoms with Crippen molar-refractivity contribution in [2.45, 2.75) is 26.4 Å². The van der Waals surface area contributed by atoms with Crippen molar-refractivity contribution in [1.82, 2.24) is 4.90 Å². The average molecular weight is 205 g/mol. The molecule has 0 aliphatic carbocycles. The van der Waals surface area contributed by atoms with Crippen molar-refractivity contribution in [1.29, 1.82) is 0 Å². The van der Waals surface area contributed by atoms with E-state index in [0.717, 1.165) is 25.3 Å². The highest BCUT2D eigenvalue weighted by atomic mass is 16.5. The van der Waals surface area contributed by atoms with Gasteiger partial charge in [0.05, 0.1) is 0 Å². The largest absolute Gasteiger partial charge is 0.489 e. The summed E-state index contributed by atoms with van der Waals surface area (Å²) in [6.45, 7) is 6.45. The van der Waals surface area contributed by atoms with Gasteiger partial charge in [-0.15, -0.1) is 0 Å². The zero-order valence-corrected chi connectivity index (χ0v) is 9.79. The van der Waals surface area contributed by atoms with Gasteiger partial charge in [0, 0.05) is 13.1 Å². The van der Waals surface area contributed by atoms with Crippen LogP contribution in [0.3, 0.4) is 0 Å². The number of benzene rings is 1. The molecule has 15 heavy (non-hydrogen) atoms. The molecular formula is C13H19NO. The van der Waals surface area contributed by atoms with Gasteiger partial charge in [-0.1, -0.05) is 6.07 Å². The zero-order chi connectivity index (χ0) is 10.8. The first-order valence-electron chi connectivity index (χ1n) is 5.57. The Morgan fingerprint density at radius 1 is 1.27 bits per heavy atom. The van der Waals surface area contributed by atoms with Crippen molar-refractivity contribution in [2.24, 2.45) is 0 Å². The Labute approximate surface area is 91.9 Å². The maximum atomic E-state index is 5.94. The molecule has 1 aliphatic heterocycles. The van der Waals surface area contributed by atoms with Gasteiger partial charge in [0.1, 0.15) is 11.9 Å². The van der Waals surface area contributed by atoms with Gasteiger partial charge in [-0.25, -0.2) is 0 Å². The first kappa shape index (κ1) is 10.5. The molecule has 0 radical (unpaired) electrons. The van der Waals surface area contributed by atoms with E-state index in [1.807, 2.05) is 0 Å². The number of rotatable bonds is 2. The third kappa shape index (κ3) is 2.51. The van der Waals surface area contributed by atoms with Crippen LogP contribution < -0.4 is 4.74 Å². The molecule has 2 heteroatoms. The van der Waals surface area contributed by atoms with Gasteiger partial charge in [-0.3, -0.25) is 0 Å². The molecular weight excluding hydrogens is 186 g/mol. The Bertz CT molecular complexity index is 348. The van der Waals surface area contributed by atoms with Crippen LogP contribution >= 0.6 is 0 Å². The summed E-state index contributed by atoms with van der Waals surface area (Å²) in [5, 5.41) is 0. The molecule has 0 amide bonds. The molecule has 1 fully saturated rings. The number of likely N-dealkylation sites (tertiary alicyclic amines) is 1. The SMILES string of the molecule is Cc1ccc(OC2CCN(C)C2)cc1C. The van der Waals surface area contributed by atoms with E-state index in [9.17, 15) is 0 Å². The second kappa shape index (κ2) is 4.23. The summed E-state index contributed by atoms with van der Waals surface area (Å²) in [5.74, 6) is 1.01. The molecule has 0 saturated carbocycles. The molecule has 2 nitrogen and oxygen atoms in total. The van der Waals surface area contributed by atoms with Crippen LogP contribution in [-0.4, -0.2) is 31.1 Å². The maximum Gasteiger partial charge on any atom is 0.120 e.